The monoisotopic (exact) mass is 230 g/mol. The number of amides is 1. The molecular weight excluding hydrogens is 204 g/mol. The first-order valence-electron chi connectivity index (χ1n) is 6.15. The normalized spacial score (nSPS) is 10.4. The molecule has 5 N–H and O–H groups in total. The molecule has 0 bridgehead atoms. The minimum absolute atomic E-state index is 0.644. The van der Waals surface area contributed by atoms with Crippen LogP contribution >= 0.6 is 0 Å². The van der Waals surface area contributed by atoms with E-state index in [1.807, 2.05) is 0 Å². The highest BCUT2D eigenvalue weighted by atomic mass is 16.1. The highest BCUT2D eigenvalue weighted by molar-refractivity contribution is 5.46. The second-order valence-corrected chi connectivity index (χ2v) is 3.88. The molecule has 0 rings (SSSR count). The Kier molecular flexibility index (Phi) is 11.9. The SMILES string of the molecule is NCCCNCCCCN(C=O)CCCN. The molecule has 0 saturated heterocycles. The van der Waals surface area contributed by atoms with E-state index < -0.39 is 0 Å². The lowest BCUT2D eigenvalue weighted by Crippen LogP contribution is -2.27. The molecule has 0 aromatic rings. The Hall–Kier alpha value is -0.650. The summed E-state index contributed by atoms with van der Waals surface area (Å²) in [6, 6.07) is 0. The van der Waals surface area contributed by atoms with Crippen LogP contribution in [0, 0.1) is 0 Å². The molecule has 5 nitrogen and oxygen atoms in total. The van der Waals surface area contributed by atoms with Gasteiger partial charge in [-0.3, -0.25) is 4.79 Å². The fourth-order valence-corrected chi connectivity index (χ4v) is 1.43. The molecule has 0 atom stereocenters. The molecule has 0 unspecified atom stereocenters. The molecule has 0 radical (unpaired) electrons. The maximum atomic E-state index is 10.7. The van der Waals surface area contributed by atoms with E-state index in [-0.39, 0.29) is 0 Å². The summed E-state index contributed by atoms with van der Waals surface area (Å²) in [5, 5.41) is 3.31. The van der Waals surface area contributed by atoms with Crippen molar-refractivity contribution in [1.29, 1.82) is 0 Å². The minimum Gasteiger partial charge on any atom is -0.345 e. The number of nitrogens with one attached hydrogen (secondary N) is 1. The van der Waals surface area contributed by atoms with Crippen molar-refractivity contribution in [3.8, 4) is 0 Å². The summed E-state index contributed by atoms with van der Waals surface area (Å²) in [5.74, 6) is 0. The van der Waals surface area contributed by atoms with Crippen molar-refractivity contribution in [2.24, 2.45) is 11.5 Å². The molecule has 0 aromatic heterocycles. The molecule has 0 aliphatic carbocycles. The molecular formula is C11H26N4O. The van der Waals surface area contributed by atoms with Crippen molar-refractivity contribution in [1.82, 2.24) is 10.2 Å². The van der Waals surface area contributed by atoms with Crippen molar-refractivity contribution < 1.29 is 4.79 Å². The smallest absolute Gasteiger partial charge is 0.209 e. The van der Waals surface area contributed by atoms with Gasteiger partial charge in [-0.25, -0.2) is 0 Å². The lowest BCUT2D eigenvalue weighted by Gasteiger charge is -2.16. The van der Waals surface area contributed by atoms with Gasteiger partial charge in [-0.1, -0.05) is 0 Å². The van der Waals surface area contributed by atoms with Crippen molar-refractivity contribution in [2.75, 3.05) is 39.3 Å². The topological polar surface area (TPSA) is 84.4 Å². The van der Waals surface area contributed by atoms with E-state index >= 15 is 0 Å². The number of hydrogen-bond acceptors (Lipinski definition) is 4. The summed E-state index contributed by atoms with van der Waals surface area (Å²) in [6.07, 6.45) is 4.96. The van der Waals surface area contributed by atoms with Crippen LogP contribution in [0.5, 0.6) is 0 Å². The van der Waals surface area contributed by atoms with Gasteiger partial charge in [-0.15, -0.1) is 0 Å². The number of carbonyl (C=O) groups excluding carboxylic acids is 1. The zero-order valence-electron chi connectivity index (χ0n) is 10.2. The third-order valence-corrected chi connectivity index (χ3v) is 2.41. The first-order chi connectivity index (χ1) is 7.85. The maximum Gasteiger partial charge on any atom is 0.209 e. The van der Waals surface area contributed by atoms with Gasteiger partial charge in [0.05, 0.1) is 0 Å². The molecule has 0 saturated carbocycles. The average molecular weight is 230 g/mol. The van der Waals surface area contributed by atoms with Crippen LogP contribution in [0.1, 0.15) is 25.7 Å². The van der Waals surface area contributed by atoms with Crippen molar-refractivity contribution in [3.05, 3.63) is 0 Å². The molecule has 1 amide bonds. The van der Waals surface area contributed by atoms with Gasteiger partial charge in [0.15, 0.2) is 0 Å². The van der Waals surface area contributed by atoms with Crippen molar-refractivity contribution in [2.45, 2.75) is 25.7 Å². The van der Waals surface area contributed by atoms with Gasteiger partial charge in [0, 0.05) is 13.1 Å². The molecule has 5 heteroatoms. The number of rotatable bonds is 12. The zero-order chi connectivity index (χ0) is 12.1. The van der Waals surface area contributed by atoms with E-state index in [4.69, 9.17) is 11.5 Å². The van der Waals surface area contributed by atoms with Crippen LogP contribution in [0.2, 0.25) is 0 Å². The molecule has 0 heterocycles. The second-order valence-electron chi connectivity index (χ2n) is 3.88. The Morgan fingerprint density at radius 3 is 2.19 bits per heavy atom. The third-order valence-electron chi connectivity index (χ3n) is 2.41. The van der Waals surface area contributed by atoms with Gasteiger partial charge < -0.3 is 21.7 Å². The fourth-order valence-electron chi connectivity index (χ4n) is 1.43. The Labute approximate surface area is 98.5 Å². The van der Waals surface area contributed by atoms with Crippen LogP contribution in [0.25, 0.3) is 0 Å². The summed E-state index contributed by atoms with van der Waals surface area (Å²) in [5.41, 5.74) is 10.8. The van der Waals surface area contributed by atoms with Crippen molar-refractivity contribution in [3.63, 3.8) is 0 Å². The number of unbranched alkanes of at least 4 members (excludes halogenated alkanes) is 1. The highest BCUT2D eigenvalue weighted by Crippen LogP contribution is 1.93. The van der Waals surface area contributed by atoms with Crippen LogP contribution in [0.15, 0.2) is 0 Å². The number of nitrogens with zero attached hydrogens (tertiary/aromatic N) is 1. The van der Waals surface area contributed by atoms with Crippen LogP contribution in [0.3, 0.4) is 0 Å². The van der Waals surface area contributed by atoms with E-state index in [0.29, 0.717) is 6.54 Å². The highest BCUT2D eigenvalue weighted by Gasteiger charge is 1.99. The molecule has 0 spiro atoms. The molecule has 0 fully saturated rings. The fraction of sp³-hybridized carbons (Fsp3) is 0.909. The summed E-state index contributed by atoms with van der Waals surface area (Å²) < 4.78 is 0. The number of nitrogens with two attached hydrogens (primary N) is 2. The van der Waals surface area contributed by atoms with Crippen LogP contribution in [-0.4, -0.2) is 50.6 Å². The molecule has 0 aliphatic rings. The Morgan fingerprint density at radius 1 is 0.938 bits per heavy atom. The van der Waals surface area contributed by atoms with Crippen LogP contribution in [-0.2, 0) is 4.79 Å². The van der Waals surface area contributed by atoms with Crippen LogP contribution in [0.4, 0.5) is 0 Å². The summed E-state index contributed by atoms with van der Waals surface area (Å²) in [7, 11) is 0. The largest absolute Gasteiger partial charge is 0.345 e. The van der Waals surface area contributed by atoms with E-state index in [1.54, 1.807) is 4.90 Å². The first kappa shape index (κ1) is 15.3. The average Bonchev–Trinajstić information content (AvgIpc) is 2.32. The van der Waals surface area contributed by atoms with E-state index in [2.05, 4.69) is 5.32 Å². The van der Waals surface area contributed by atoms with E-state index in [9.17, 15) is 4.79 Å². The standard InChI is InChI=1S/C11H26N4O/c12-5-3-8-14-7-1-2-9-15(11-16)10-4-6-13/h11,14H,1-10,12-13H2. The second kappa shape index (κ2) is 12.4. The third kappa shape index (κ3) is 9.89. The lowest BCUT2D eigenvalue weighted by molar-refractivity contribution is -0.118. The summed E-state index contributed by atoms with van der Waals surface area (Å²) >= 11 is 0. The van der Waals surface area contributed by atoms with Gasteiger partial charge in [0.2, 0.25) is 6.41 Å². The Balaban J connectivity index is 3.24. The summed E-state index contributed by atoms with van der Waals surface area (Å²) in [4.78, 5) is 12.5. The lowest BCUT2D eigenvalue weighted by atomic mass is 10.2. The van der Waals surface area contributed by atoms with Gasteiger partial charge in [0.25, 0.3) is 0 Å². The minimum atomic E-state index is 0.644. The van der Waals surface area contributed by atoms with Gasteiger partial charge in [-0.05, 0) is 51.9 Å². The predicted molar refractivity (Wildman–Crippen MR) is 67.1 cm³/mol. The van der Waals surface area contributed by atoms with Gasteiger partial charge in [-0.2, -0.15) is 0 Å². The molecule has 96 valence electrons. The Bertz CT molecular complexity index is 155. The van der Waals surface area contributed by atoms with Gasteiger partial charge in [0.1, 0.15) is 0 Å². The van der Waals surface area contributed by atoms with E-state index in [0.717, 1.165) is 64.8 Å². The number of hydrogen-bond donors (Lipinski definition) is 3. The van der Waals surface area contributed by atoms with Crippen molar-refractivity contribution >= 4 is 6.41 Å². The van der Waals surface area contributed by atoms with Crippen LogP contribution < -0.4 is 16.8 Å². The predicted octanol–water partition coefficient (Wildman–Crippen LogP) is -0.488. The Morgan fingerprint density at radius 2 is 1.56 bits per heavy atom. The zero-order valence-corrected chi connectivity index (χ0v) is 10.2. The molecule has 16 heavy (non-hydrogen) atoms. The maximum absolute atomic E-state index is 10.7. The quantitative estimate of drug-likeness (QED) is 0.312. The summed E-state index contributed by atoms with van der Waals surface area (Å²) in [6.45, 7) is 4.99. The first-order valence-corrected chi connectivity index (χ1v) is 6.15. The molecule has 0 aliphatic heterocycles. The van der Waals surface area contributed by atoms with E-state index in [1.165, 1.54) is 0 Å². The molecule has 0 aromatic carbocycles. The number of carbonyl (C=O) groups is 1. The van der Waals surface area contributed by atoms with Gasteiger partial charge >= 0.3 is 0 Å².